The van der Waals surface area contributed by atoms with Crippen LogP contribution >= 0.6 is 11.3 Å². The van der Waals surface area contributed by atoms with E-state index in [4.69, 9.17) is 0 Å². The number of amides is 1. The smallest absolute Gasteiger partial charge is 0.261 e. The van der Waals surface area contributed by atoms with Crippen molar-refractivity contribution in [1.29, 1.82) is 0 Å². The lowest BCUT2D eigenvalue weighted by Crippen LogP contribution is -2.25. The fourth-order valence-corrected chi connectivity index (χ4v) is 2.44. The van der Waals surface area contributed by atoms with Crippen molar-refractivity contribution in [2.45, 2.75) is 13.3 Å². The molecule has 0 unspecified atom stereocenters. The highest BCUT2D eigenvalue weighted by atomic mass is 32.1. The van der Waals surface area contributed by atoms with Gasteiger partial charge in [-0.15, -0.1) is 11.3 Å². The number of benzene rings is 1. The molecule has 1 amide bonds. The second kappa shape index (κ2) is 5.75. The number of aromatic hydroxyl groups is 2. The van der Waals surface area contributed by atoms with Gasteiger partial charge in [0.2, 0.25) is 0 Å². The number of carbonyl (C=O) groups is 1. The van der Waals surface area contributed by atoms with Crippen molar-refractivity contribution in [3.8, 4) is 11.5 Å². The van der Waals surface area contributed by atoms with Crippen LogP contribution in [0.2, 0.25) is 0 Å². The largest absolute Gasteiger partial charge is 0.504 e. The first kappa shape index (κ1) is 13.4. The summed E-state index contributed by atoms with van der Waals surface area (Å²) in [5.74, 6) is -0.343. The Morgan fingerprint density at radius 2 is 2.05 bits per heavy atom. The molecule has 1 aromatic heterocycles. The van der Waals surface area contributed by atoms with Crippen molar-refractivity contribution in [2.24, 2.45) is 0 Å². The molecule has 0 aliphatic rings. The van der Waals surface area contributed by atoms with Crippen molar-refractivity contribution in [2.75, 3.05) is 6.54 Å². The average Bonchev–Trinajstić information content (AvgIpc) is 2.89. The first-order valence-corrected chi connectivity index (χ1v) is 6.79. The molecule has 0 aliphatic carbocycles. The molecule has 0 atom stereocenters. The van der Waals surface area contributed by atoms with Gasteiger partial charge in [-0.1, -0.05) is 6.07 Å². The van der Waals surface area contributed by atoms with E-state index in [9.17, 15) is 15.0 Å². The Hall–Kier alpha value is -2.01. The quantitative estimate of drug-likeness (QED) is 0.752. The zero-order chi connectivity index (χ0) is 13.8. The summed E-state index contributed by atoms with van der Waals surface area (Å²) in [6, 6.07) is 6.66. The van der Waals surface area contributed by atoms with Gasteiger partial charge in [-0.3, -0.25) is 4.79 Å². The van der Waals surface area contributed by atoms with E-state index in [0.717, 1.165) is 11.1 Å². The molecule has 0 aliphatic heterocycles. The molecule has 4 nitrogen and oxygen atoms in total. The normalized spacial score (nSPS) is 10.4. The van der Waals surface area contributed by atoms with Gasteiger partial charge in [0.1, 0.15) is 0 Å². The zero-order valence-electron chi connectivity index (χ0n) is 10.5. The Balaban J connectivity index is 1.93. The number of carbonyl (C=O) groups excluding carboxylic acids is 1. The summed E-state index contributed by atoms with van der Waals surface area (Å²) in [5, 5.41) is 23.5. The van der Waals surface area contributed by atoms with Gasteiger partial charge in [0.05, 0.1) is 4.88 Å². The fraction of sp³-hybridized carbons (Fsp3) is 0.214. The van der Waals surface area contributed by atoms with E-state index in [2.05, 4.69) is 5.32 Å². The van der Waals surface area contributed by atoms with Crippen LogP contribution in [0.4, 0.5) is 0 Å². The van der Waals surface area contributed by atoms with Gasteiger partial charge in [-0.05, 0) is 48.1 Å². The van der Waals surface area contributed by atoms with Gasteiger partial charge >= 0.3 is 0 Å². The molecule has 0 bridgehead atoms. The zero-order valence-corrected chi connectivity index (χ0v) is 11.3. The molecule has 1 aromatic carbocycles. The van der Waals surface area contributed by atoms with E-state index in [1.807, 2.05) is 18.4 Å². The predicted octanol–water partition coefficient (Wildman–Crippen LogP) is 2.44. The number of phenols is 2. The number of aryl methyl sites for hydroxylation is 1. The van der Waals surface area contributed by atoms with E-state index in [0.29, 0.717) is 17.8 Å². The lowest BCUT2D eigenvalue weighted by atomic mass is 10.0. The van der Waals surface area contributed by atoms with Crippen LogP contribution in [0.5, 0.6) is 11.5 Å². The highest BCUT2D eigenvalue weighted by molar-refractivity contribution is 7.12. The predicted molar refractivity (Wildman–Crippen MR) is 74.9 cm³/mol. The van der Waals surface area contributed by atoms with Gasteiger partial charge in [-0.25, -0.2) is 0 Å². The number of nitrogens with one attached hydrogen (secondary N) is 1. The van der Waals surface area contributed by atoms with Crippen LogP contribution < -0.4 is 5.32 Å². The molecule has 0 saturated heterocycles. The molecule has 5 heteroatoms. The third kappa shape index (κ3) is 3.26. The van der Waals surface area contributed by atoms with Gasteiger partial charge in [-0.2, -0.15) is 0 Å². The third-order valence-electron chi connectivity index (χ3n) is 2.86. The van der Waals surface area contributed by atoms with Crippen LogP contribution in [0.3, 0.4) is 0 Å². The summed E-state index contributed by atoms with van der Waals surface area (Å²) in [7, 11) is 0. The first-order valence-electron chi connectivity index (χ1n) is 5.91. The van der Waals surface area contributed by atoms with Crippen LogP contribution in [0.1, 0.15) is 20.8 Å². The third-order valence-corrected chi connectivity index (χ3v) is 3.73. The first-order chi connectivity index (χ1) is 9.08. The molecule has 2 aromatic rings. The average molecular weight is 277 g/mol. The Bertz CT molecular complexity index is 579. The standard InChI is InChI=1S/C14H15NO3S/c1-9-7-11(16)12(17)8-10(9)4-5-15-14(18)13-3-2-6-19-13/h2-3,6-8,16-17H,4-5H2,1H3,(H,15,18). The van der Waals surface area contributed by atoms with Crippen LogP contribution in [-0.4, -0.2) is 22.7 Å². The summed E-state index contributed by atoms with van der Waals surface area (Å²) < 4.78 is 0. The summed E-state index contributed by atoms with van der Waals surface area (Å²) in [5.41, 5.74) is 1.79. The monoisotopic (exact) mass is 277 g/mol. The van der Waals surface area contributed by atoms with Crippen LogP contribution in [-0.2, 0) is 6.42 Å². The Kier molecular flexibility index (Phi) is 4.06. The molecule has 0 fully saturated rings. The summed E-state index contributed by atoms with van der Waals surface area (Å²) in [6.07, 6.45) is 0.608. The summed E-state index contributed by atoms with van der Waals surface area (Å²) >= 11 is 1.40. The molecule has 1 heterocycles. The van der Waals surface area contributed by atoms with E-state index < -0.39 is 0 Å². The second-order valence-electron chi connectivity index (χ2n) is 4.25. The van der Waals surface area contributed by atoms with E-state index in [1.54, 1.807) is 6.07 Å². The van der Waals surface area contributed by atoms with Crippen LogP contribution in [0, 0.1) is 6.92 Å². The maximum absolute atomic E-state index is 11.7. The highest BCUT2D eigenvalue weighted by Crippen LogP contribution is 2.28. The van der Waals surface area contributed by atoms with Crippen molar-refractivity contribution < 1.29 is 15.0 Å². The van der Waals surface area contributed by atoms with Gasteiger partial charge in [0.25, 0.3) is 5.91 Å². The Labute approximate surface area is 115 Å². The number of rotatable bonds is 4. The Morgan fingerprint density at radius 3 is 2.74 bits per heavy atom. The number of phenolic OH excluding ortho intramolecular Hbond substituents is 2. The van der Waals surface area contributed by atoms with Gasteiger partial charge in [0, 0.05) is 6.54 Å². The Morgan fingerprint density at radius 1 is 1.32 bits per heavy atom. The molecule has 0 radical (unpaired) electrons. The van der Waals surface area contributed by atoms with E-state index >= 15 is 0 Å². The van der Waals surface area contributed by atoms with Crippen LogP contribution in [0.25, 0.3) is 0 Å². The minimum atomic E-state index is -0.134. The molecule has 100 valence electrons. The second-order valence-corrected chi connectivity index (χ2v) is 5.20. The van der Waals surface area contributed by atoms with Gasteiger partial charge < -0.3 is 15.5 Å². The molecule has 3 N–H and O–H groups in total. The van der Waals surface area contributed by atoms with E-state index in [-0.39, 0.29) is 17.4 Å². The van der Waals surface area contributed by atoms with Crippen molar-refractivity contribution in [1.82, 2.24) is 5.32 Å². The lowest BCUT2D eigenvalue weighted by Gasteiger charge is -2.08. The summed E-state index contributed by atoms with van der Waals surface area (Å²) in [6.45, 7) is 2.34. The van der Waals surface area contributed by atoms with E-state index in [1.165, 1.54) is 23.5 Å². The highest BCUT2D eigenvalue weighted by Gasteiger charge is 2.08. The van der Waals surface area contributed by atoms with Crippen molar-refractivity contribution in [3.63, 3.8) is 0 Å². The fourth-order valence-electron chi connectivity index (χ4n) is 1.80. The molecular formula is C14H15NO3S. The molecular weight excluding hydrogens is 262 g/mol. The minimum absolute atomic E-state index is 0.0874. The summed E-state index contributed by atoms with van der Waals surface area (Å²) in [4.78, 5) is 12.4. The topological polar surface area (TPSA) is 69.6 Å². The molecule has 2 rings (SSSR count). The molecule has 19 heavy (non-hydrogen) atoms. The maximum atomic E-state index is 11.7. The molecule has 0 saturated carbocycles. The van der Waals surface area contributed by atoms with Gasteiger partial charge in [0.15, 0.2) is 11.5 Å². The maximum Gasteiger partial charge on any atom is 0.261 e. The number of thiophene rings is 1. The van der Waals surface area contributed by atoms with Crippen molar-refractivity contribution in [3.05, 3.63) is 45.6 Å². The minimum Gasteiger partial charge on any atom is -0.504 e. The number of hydrogen-bond acceptors (Lipinski definition) is 4. The van der Waals surface area contributed by atoms with Crippen molar-refractivity contribution >= 4 is 17.2 Å². The number of hydrogen-bond donors (Lipinski definition) is 3. The van der Waals surface area contributed by atoms with Crippen LogP contribution in [0.15, 0.2) is 29.6 Å². The molecule has 0 spiro atoms. The SMILES string of the molecule is Cc1cc(O)c(O)cc1CCNC(=O)c1cccs1. The lowest BCUT2D eigenvalue weighted by molar-refractivity contribution is 0.0958.